The number of hydrogen-bond acceptors (Lipinski definition) is 3. The first kappa shape index (κ1) is 8.62. The van der Waals surface area contributed by atoms with Crippen molar-refractivity contribution in [2.24, 2.45) is 0 Å². The molecule has 0 N–H and O–H groups in total. The minimum atomic E-state index is -0.123. The Labute approximate surface area is 84.1 Å². The molecular weight excluding hydrogens is 232 g/mol. The highest BCUT2D eigenvalue weighted by Crippen LogP contribution is 2.28. The molecule has 2 heterocycles. The van der Waals surface area contributed by atoms with Crippen LogP contribution in [0.4, 0.5) is 0 Å². The largest absolute Gasteiger partial charge is 0.252 e. The highest BCUT2D eigenvalue weighted by atomic mass is 79.9. The molecule has 0 unspecified atom stereocenters. The fourth-order valence-corrected chi connectivity index (χ4v) is 1.49. The highest BCUT2D eigenvalue weighted by Gasteiger charge is 2.20. The van der Waals surface area contributed by atoms with Crippen molar-refractivity contribution in [1.29, 1.82) is 0 Å². The molecule has 2 aromatic heterocycles. The van der Waals surface area contributed by atoms with Crippen LogP contribution in [0.3, 0.4) is 0 Å². The first-order valence-electron chi connectivity index (χ1n) is 3.93. The first-order chi connectivity index (χ1) is 6.09. The molecule has 2 aromatic rings. The smallest absolute Gasteiger partial charge is 0.220 e. The van der Waals surface area contributed by atoms with Crippen molar-refractivity contribution in [3.05, 3.63) is 24.3 Å². The molecule has 0 bridgehead atoms. The maximum absolute atomic E-state index is 4.10. The van der Waals surface area contributed by atoms with Gasteiger partial charge in [-0.05, 0) is 19.9 Å². The van der Waals surface area contributed by atoms with Gasteiger partial charge in [0, 0.05) is 6.20 Å². The zero-order valence-electron chi connectivity index (χ0n) is 7.40. The van der Waals surface area contributed by atoms with Crippen molar-refractivity contribution >= 4 is 21.7 Å². The lowest BCUT2D eigenvalue weighted by Gasteiger charge is -2.16. The fourth-order valence-electron chi connectivity index (χ4n) is 1.19. The topological polar surface area (TPSA) is 43.1 Å². The molecule has 0 amide bonds. The SMILES string of the molecule is CC(C)(Br)c1ccnc2ncnn12. The van der Waals surface area contributed by atoms with Gasteiger partial charge in [-0.3, -0.25) is 0 Å². The third-order valence-electron chi connectivity index (χ3n) is 1.79. The highest BCUT2D eigenvalue weighted by molar-refractivity contribution is 9.09. The summed E-state index contributed by atoms with van der Waals surface area (Å²) in [5.41, 5.74) is 1.04. The van der Waals surface area contributed by atoms with Gasteiger partial charge in [-0.2, -0.15) is 14.6 Å². The number of nitrogens with zero attached hydrogens (tertiary/aromatic N) is 4. The Bertz CT molecular complexity index is 429. The van der Waals surface area contributed by atoms with E-state index in [1.54, 1.807) is 10.7 Å². The van der Waals surface area contributed by atoms with Crippen molar-refractivity contribution < 1.29 is 0 Å². The molecule has 0 saturated carbocycles. The molecule has 0 aliphatic carbocycles. The minimum absolute atomic E-state index is 0.123. The van der Waals surface area contributed by atoms with E-state index in [-0.39, 0.29) is 4.32 Å². The second kappa shape index (κ2) is 2.77. The summed E-state index contributed by atoms with van der Waals surface area (Å²) in [6.45, 7) is 4.12. The van der Waals surface area contributed by atoms with E-state index in [4.69, 9.17) is 0 Å². The number of hydrogen-bond donors (Lipinski definition) is 0. The van der Waals surface area contributed by atoms with Crippen LogP contribution in [0.25, 0.3) is 5.78 Å². The van der Waals surface area contributed by atoms with E-state index < -0.39 is 0 Å². The van der Waals surface area contributed by atoms with Crippen LogP contribution in [0.5, 0.6) is 0 Å². The quantitative estimate of drug-likeness (QED) is 0.714. The molecule has 0 fully saturated rings. The van der Waals surface area contributed by atoms with E-state index in [1.165, 1.54) is 6.33 Å². The van der Waals surface area contributed by atoms with Crippen LogP contribution < -0.4 is 0 Å². The van der Waals surface area contributed by atoms with Gasteiger partial charge in [0.05, 0.1) is 10.0 Å². The third kappa shape index (κ3) is 1.44. The number of rotatable bonds is 1. The third-order valence-corrected chi connectivity index (χ3v) is 2.20. The average Bonchev–Trinajstić information content (AvgIpc) is 2.48. The van der Waals surface area contributed by atoms with Gasteiger partial charge in [-0.1, -0.05) is 15.9 Å². The van der Waals surface area contributed by atoms with Gasteiger partial charge in [0.25, 0.3) is 5.78 Å². The van der Waals surface area contributed by atoms with Crippen LogP contribution >= 0.6 is 15.9 Å². The van der Waals surface area contributed by atoms with Crippen molar-refractivity contribution in [3.63, 3.8) is 0 Å². The van der Waals surface area contributed by atoms with Gasteiger partial charge in [0.15, 0.2) is 0 Å². The Balaban J connectivity index is 2.75. The Morgan fingerprint density at radius 2 is 2.15 bits per heavy atom. The van der Waals surface area contributed by atoms with Gasteiger partial charge in [-0.25, -0.2) is 4.98 Å². The molecule has 0 aliphatic heterocycles. The van der Waals surface area contributed by atoms with Crippen LogP contribution in [0.15, 0.2) is 18.6 Å². The van der Waals surface area contributed by atoms with E-state index in [0.717, 1.165) is 5.69 Å². The zero-order chi connectivity index (χ0) is 9.47. The molecule has 5 heteroatoms. The van der Waals surface area contributed by atoms with Crippen molar-refractivity contribution in [1.82, 2.24) is 19.6 Å². The Hall–Kier alpha value is -0.970. The normalized spacial score (nSPS) is 12.2. The molecule has 13 heavy (non-hydrogen) atoms. The van der Waals surface area contributed by atoms with Crippen LogP contribution in [0, 0.1) is 0 Å². The van der Waals surface area contributed by atoms with E-state index in [1.807, 2.05) is 6.07 Å². The summed E-state index contributed by atoms with van der Waals surface area (Å²) in [6, 6.07) is 1.93. The number of halogens is 1. The number of aromatic nitrogens is 4. The molecule has 0 radical (unpaired) electrons. The molecule has 0 aliphatic rings. The summed E-state index contributed by atoms with van der Waals surface area (Å²) in [4.78, 5) is 8.10. The van der Waals surface area contributed by atoms with Crippen molar-refractivity contribution in [2.45, 2.75) is 18.2 Å². The maximum atomic E-state index is 4.10. The monoisotopic (exact) mass is 240 g/mol. The molecule has 68 valence electrons. The molecular formula is C8H9BrN4. The van der Waals surface area contributed by atoms with Gasteiger partial charge >= 0.3 is 0 Å². The predicted molar refractivity (Wildman–Crippen MR) is 52.7 cm³/mol. The summed E-state index contributed by atoms with van der Waals surface area (Å²) in [6.07, 6.45) is 3.24. The first-order valence-corrected chi connectivity index (χ1v) is 4.72. The van der Waals surface area contributed by atoms with Crippen LogP contribution in [0.2, 0.25) is 0 Å². The van der Waals surface area contributed by atoms with Crippen molar-refractivity contribution in [2.75, 3.05) is 0 Å². The van der Waals surface area contributed by atoms with Gasteiger partial charge in [0.2, 0.25) is 0 Å². The lowest BCUT2D eigenvalue weighted by molar-refractivity contribution is 0.708. The van der Waals surface area contributed by atoms with Crippen LogP contribution in [-0.2, 0) is 4.32 Å². The van der Waals surface area contributed by atoms with E-state index in [0.29, 0.717) is 5.78 Å². The van der Waals surface area contributed by atoms with Crippen LogP contribution in [0.1, 0.15) is 19.5 Å². The Kier molecular flexibility index (Phi) is 1.83. The predicted octanol–water partition coefficient (Wildman–Crippen LogP) is 1.75. The molecule has 0 atom stereocenters. The summed E-state index contributed by atoms with van der Waals surface area (Å²) in [5.74, 6) is 0.630. The number of fused-ring (bicyclic) bond motifs is 1. The summed E-state index contributed by atoms with van der Waals surface area (Å²) < 4.78 is 1.61. The molecule has 0 aromatic carbocycles. The molecule has 4 nitrogen and oxygen atoms in total. The van der Waals surface area contributed by atoms with Gasteiger partial charge in [-0.15, -0.1) is 0 Å². The maximum Gasteiger partial charge on any atom is 0.252 e. The summed E-state index contributed by atoms with van der Waals surface area (Å²) in [7, 11) is 0. The second-order valence-corrected chi connectivity index (χ2v) is 5.26. The molecule has 2 rings (SSSR count). The standard InChI is InChI=1S/C8H9BrN4/c1-8(2,9)6-3-4-10-7-11-5-12-13(6)7/h3-5H,1-2H3. The Morgan fingerprint density at radius 3 is 2.85 bits per heavy atom. The molecule has 0 spiro atoms. The molecule has 0 saturated heterocycles. The zero-order valence-corrected chi connectivity index (χ0v) is 8.98. The van der Waals surface area contributed by atoms with Crippen molar-refractivity contribution in [3.8, 4) is 0 Å². The lowest BCUT2D eigenvalue weighted by atomic mass is 10.1. The summed E-state index contributed by atoms with van der Waals surface area (Å²) >= 11 is 3.58. The summed E-state index contributed by atoms with van der Waals surface area (Å²) in [5, 5.41) is 4.10. The minimum Gasteiger partial charge on any atom is -0.220 e. The lowest BCUT2D eigenvalue weighted by Crippen LogP contribution is -2.13. The second-order valence-electron chi connectivity index (χ2n) is 3.27. The van der Waals surface area contributed by atoms with E-state index in [9.17, 15) is 0 Å². The average molecular weight is 241 g/mol. The number of alkyl halides is 1. The fraction of sp³-hybridized carbons (Fsp3) is 0.375. The van der Waals surface area contributed by atoms with Gasteiger partial charge < -0.3 is 0 Å². The van der Waals surface area contributed by atoms with Crippen LogP contribution in [-0.4, -0.2) is 19.6 Å². The van der Waals surface area contributed by atoms with E-state index >= 15 is 0 Å². The van der Waals surface area contributed by atoms with E-state index in [2.05, 4.69) is 44.8 Å². The van der Waals surface area contributed by atoms with Gasteiger partial charge in [0.1, 0.15) is 6.33 Å². The Morgan fingerprint density at radius 1 is 1.38 bits per heavy atom.